The lowest BCUT2D eigenvalue weighted by molar-refractivity contribution is -0.114. The molecule has 4 rings (SSSR count). The maximum Gasteiger partial charge on any atom is 0.280 e. The van der Waals surface area contributed by atoms with E-state index in [-0.39, 0.29) is 5.91 Å². The third-order valence-electron chi connectivity index (χ3n) is 4.50. The van der Waals surface area contributed by atoms with Crippen LogP contribution in [0.15, 0.2) is 77.4 Å². The van der Waals surface area contributed by atoms with Gasteiger partial charge in [0, 0.05) is 5.56 Å². The molecule has 0 spiro atoms. The zero-order valence-electron chi connectivity index (χ0n) is 14.6. The number of benzene rings is 3. The highest BCUT2D eigenvalue weighted by atomic mass is 16.5. The lowest BCUT2D eigenvalue weighted by atomic mass is 10.00. The first kappa shape index (κ1) is 16.1. The Hall–Kier alpha value is -3.40. The van der Waals surface area contributed by atoms with Gasteiger partial charge in [-0.3, -0.25) is 4.79 Å². The Labute approximate surface area is 152 Å². The van der Waals surface area contributed by atoms with Crippen LogP contribution in [0.25, 0.3) is 16.8 Å². The Morgan fingerprint density at radius 3 is 2.46 bits per heavy atom. The molecule has 3 aromatic rings. The highest BCUT2D eigenvalue weighted by Gasteiger charge is 2.29. The van der Waals surface area contributed by atoms with E-state index in [0.29, 0.717) is 11.3 Å². The van der Waals surface area contributed by atoms with Gasteiger partial charge in [0.25, 0.3) is 5.91 Å². The number of para-hydroxylation sites is 1. The van der Waals surface area contributed by atoms with Crippen LogP contribution in [0.4, 0.5) is 5.69 Å². The third kappa shape index (κ3) is 2.65. The van der Waals surface area contributed by atoms with E-state index < -0.39 is 0 Å². The van der Waals surface area contributed by atoms with Crippen LogP contribution in [0, 0.1) is 0 Å². The molecular weight excluding hydrogens is 324 g/mol. The fourth-order valence-corrected chi connectivity index (χ4v) is 3.18. The number of carbonyl (C=O) groups is 1. The van der Waals surface area contributed by atoms with Gasteiger partial charge in [0.15, 0.2) is 0 Å². The summed E-state index contributed by atoms with van der Waals surface area (Å²) in [7, 11) is 1.64. The van der Waals surface area contributed by atoms with Gasteiger partial charge >= 0.3 is 0 Å². The number of hydrazone groups is 1. The average Bonchev–Trinajstić information content (AvgIpc) is 2.97. The van der Waals surface area contributed by atoms with Crippen LogP contribution in [0.3, 0.4) is 0 Å². The van der Waals surface area contributed by atoms with Crippen molar-refractivity contribution in [3.8, 4) is 5.75 Å². The summed E-state index contributed by atoms with van der Waals surface area (Å²) in [6.45, 7) is 1.85. The largest absolute Gasteiger partial charge is 0.496 e. The second-order valence-corrected chi connectivity index (χ2v) is 6.10. The maximum absolute atomic E-state index is 13.0. The molecule has 0 saturated carbocycles. The molecule has 26 heavy (non-hydrogen) atoms. The molecule has 0 saturated heterocycles. The molecule has 0 aliphatic carbocycles. The monoisotopic (exact) mass is 342 g/mol. The number of rotatable bonds is 3. The molecule has 0 aromatic heterocycles. The van der Waals surface area contributed by atoms with E-state index in [1.807, 2.05) is 79.7 Å². The molecule has 128 valence electrons. The van der Waals surface area contributed by atoms with Crippen LogP contribution in [-0.2, 0) is 4.79 Å². The molecule has 0 atom stereocenters. The van der Waals surface area contributed by atoms with Gasteiger partial charge in [-0.05, 0) is 42.0 Å². The number of amides is 1. The SMILES string of the molecule is COc1ccc2ccccc2c1/C=C1/C(=O)N(c2ccccc2)N=C1C. The van der Waals surface area contributed by atoms with Crippen molar-refractivity contribution in [1.82, 2.24) is 0 Å². The molecule has 0 bridgehead atoms. The molecule has 1 aliphatic heterocycles. The van der Waals surface area contributed by atoms with E-state index in [9.17, 15) is 4.79 Å². The third-order valence-corrected chi connectivity index (χ3v) is 4.50. The molecule has 3 aromatic carbocycles. The van der Waals surface area contributed by atoms with Crippen molar-refractivity contribution in [2.45, 2.75) is 6.92 Å². The Morgan fingerprint density at radius 2 is 1.69 bits per heavy atom. The molecule has 0 N–H and O–H groups in total. The first-order valence-electron chi connectivity index (χ1n) is 8.41. The lowest BCUT2D eigenvalue weighted by Gasteiger charge is -2.12. The fourth-order valence-electron chi connectivity index (χ4n) is 3.18. The maximum atomic E-state index is 13.0. The summed E-state index contributed by atoms with van der Waals surface area (Å²) in [5.41, 5.74) is 2.90. The Morgan fingerprint density at radius 1 is 0.962 bits per heavy atom. The highest BCUT2D eigenvalue weighted by Crippen LogP contribution is 2.32. The first-order valence-corrected chi connectivity index (χ1v) is 8.41. The molecule has 1 amide bonds. The minimum absolute atomic E-state index is 0.135. The summed E-state index contributed by atoms with van der Waals surface area (Å²) >= 11 is 0. The minimum atomic E-state index is -0.135. The van der Waals surface area contributed by atoms with Gasteiger partial charge in [-0.25, -0.2) is 0 Å². The van der Waals surface area contributed by atoms with Crippen molar-refractivity contribution >= 4 is 34.2 Å². The summed E-state index contributed by atoms with van der Waals surface area (Å²) in [5.74, 6) is 0.596. The van der Waals surface area contributed by atoms with Gasteiger partial charge in [-0.2, -0.15) is 10.1 Å². The van der Waals surface area contributed by atoms with E-state index in [2.05, 4.69) is 5.10 Å². The van der Waals surface area contributed by atoms with E-state index in [1.54, 1.807) is 7.11 Å². The predicted octanol–water partition coefficient (Wildman–Crippen LogP) is 4.65. The first-order chi connectivity index (χ1) is 12.7. The van der Waals surface area contributed by atoms with Crippen molar-refractivity contribution < 1.29 is 9.53 Å². The van der Waals surface area contributed by atoms with E-state index in [0.717, 1.165) is 27.8 Å². The summed E-state index contributed by atoms with van der Waals surface area (Å²) in [4.78, 5) is 13.0. The molecular formula is C22H18N2O2. The zero-order valence-corrected chi connectivity index (χ0v) is 14.6. The quantitative estimate of drug-likeness (QED) is 0.650. The van der Waals surface area contributed by atoms with Gasteiger partial charge in [0.2, 0.25) is 0 Å². The van der Waals surface area contributed by atoms with Crippen LogP contribution in [0.2, 0.25) is 0 Å². The van der Waals surface area contributed by atoms with Gasteiger partial charge in [0.05, 0.1) is 24.1 Å². The number of hydrogen-bond donors (Lipinski definition) is 0. The average molecular weight is 342 g/mol. The van der Waals surface area contributed by atoms with Crippen LogP contribution < -0.4 is 9.75 Å². The summed E-state index contributed by atoms with van der Waals surface area (Å²) in [6.07, 6.45) is 1.88. The van der Waals surface area contributed by atoms with E-state index in [4.69, 9.17) is 4.74 Å². The normalized spacial score (nSPS) is 15.6. The van der Waals surface area contributed by atoms with Crippen LogP contribution >= 0.6 is 0 Å². The Kier molecular flexibility index (Phi) is 4.01. The lowest BCUT2D eigenvalue weighted by Crippen LogP contribution is -2.21. The molecule has 4 nitrogen and oxygen atoms in total. The van der Waals surface area contributed by atoms with Crippen LogP contribution in [-0.4, -0.2) is 18.7 Å². The number of anilines is 1. The second-order valence-electron chi connectivity index (χ2n) is 6.10. The minimum Gasteiger partial charge on any atom is -0.496 e. The molecule has 1 heterocycles. The zero-order chi connectivity index (χ0) is 18.1. The highest BCUT2D eigenvalue weighted by molar-refractivity contribution is 6.32. The summed E-state index contributed by atoms with van der Waals surface area (Å²) < 4.78 is 5.54. The van der Waals surface area contributed by atoms with Crippen molar-refractivity contribution in [3.63, 3.8) is 0 Å². The number of nitrogens with zero attached hydrogens (tertiary/aromatic N) is 2. The van der Waals surface area contributed by atoms with E-state index >= 15 is 0 Å². The predicted molar refractivity (Wildman–Crippen MR) is 106 cm³/mol. The Bertz CT molecular complexity index is 1050. The van der Waals surface area contributed by atoms with Crippen LogP contribution in [0.1, 0.15) is 12.5 Å². The summed E-state index contributed by atoms with van der Waals surface area (Å²) in [6, 6.07) is 21.4. The second kappa shape index (κ2) is 6.48. The number of ether oxygens (including phenoxy) is 1. The summed E-state index contributed by atoms with van der Waals surface area (Å²) in [5, 5.41) is 8.02. The number of carbonyl (C=O) groups excluding carboxylic acids is 1. The van der Waals surface area contributed by atoms with Gasteiger partial charge in [-0.15, -0.1) is 0 Å². The topological polar surface area (TPSA) is 41.9 Å². The van der Waals surface area contributed by atoms with Crippen LogP contribution in [0.5, 0.6) is 5.75 Å². The standard InChI is InChI=1S/C22H18N2O2/c1-15-19(22(25)24(23-15)17-9-4-3-5-10-17)14-20-18-11-7-6-8-16(18)12-13-21(20)26-2/h3-14H,1-2H3/b19-14+. The fraction of sp³-hybridized carbons (Fsp3) is 0.0909. The molecule has 1 aliphatic rings. The van der Waals surface area contributed by atoms with Gasteiger partial charge < -0.3 is 4.74 Å². The van der Waals surface area contributed by atoms with Gasteiger partial charge in [-0.1, -0.05) is 48.5 Å². The Balaban J connectivity index is 1.84. The van der Waals surface area contributed by atoms with Crippen molar-refractivity contribution in [3.05, 3.63) is 77.9 Å². The number of methoxy groups -OCH3 is 1. The van der Waals surface area contributed by atoms with Gasteiger partial charge in [0.1, 0.15) is 5.75 Å². The van der Waals surface area contributed by atoms with E-state index in [1.165, 1.54) is 5.01 Å². The molecule has 0 fully saturated rings. The smallest absolute Gasteiger partial charge is 0.280 e. The number of fused-ring (bicyclic) bond motifs is 1. The molecule has 0 radical (unpaired) electrons. The van der Waals surface area contributed by atoms with Crippen molar-refractivity contribution in [2.24, 2.45) is 5.10 Å². The van der Waals surface area contributed by atoms with Crippen molar-refractivity contribution in [2.75, 3.05) is 12.1 Å². The molecule has 4 heteroatoms. The van der Waals surface area contributed by atoms with Crippen molar-refractivity contribution in [1.29, 1.82) is 0 Å². The molecule has 0 unspecified atom stereocenters. The number of hydrogen-bond acceptors (Lipinski definition) is 3.